The molecule has 15 heavy (non-hydrogen) atoms. The van der Waals surface area contributed by atoms with E-state index in [0.29, 0.717) is 0 Å². The standard InChI is InChI=1S/C12H22O3/c1-2-3-8-11(13)9-6-4-5-7-10(9)12(14)15/h9-11,13H,2-8H2,1H3,(H,14,15). The van der Waals surface area contributed by atoms with Crippen LogP contribution < -0.4 is 0 Å². The summed E-state index contributed by atoms with van der Waals surface area (Å²) in [7, 11) is 0. The Hall–Kier alpha value is -0.570. The molecule has 0 saturated heterocycles. The van der Waals surface area contributed by atoms with Crippen LogP contribution in [-0.4, -0.2) is 22.3 Å². The number of aliphatic hydroxyl groups excluding tert-OH is 1. The van der Waals surface area contributed by atoms with Crippen molar-refractivity contribution in [1.82, 2.24) is 0 Å². The number of carboxylic acid groups (broad SMARTS) is 1. The smallest absolute Gasteiger partial charge is 0.306 e. The Balaban J connectivity index is 2.51. The topological polar surface area (TPSA) is 57.5 Å². The van der Waals surface area contributed by atoms with Gasteiger partial charge in [0.2, 0.25) is 0 Å². The van der Waals surface area contributed by atoms with E-state index >= 15 is 0 Å². The fraction of sp³-hybridized carbons (Fsp3) is 0.917. The zero-order chi connectivity index (χ0) is 11.3. The van der Waals surface area contributed by atoms with Crippen LogP contribution in [0, 0.1) is 11.8 Å². The number of carboxylic acids is 1. The van der Waals surface area contributed by atoms with Crippen LogP contribution in [0.5, 0.6) is 0 Å². The number of unbranched alkanes of at least 4 members (excludes halogenated alkanes) is 1. The lowest BCUT2D eigenvalue weighted by Crippen LogP contribution is -2.35. The molecule has 3 nitrogen and oxygen atoms in total. The first-order chi connectivity index (χ1) is 7.16. The second-order valence-electron chi connectivity index (χ2n) is 4.60. The molecule has 1 rings (SSSR count). The van der Waals surface area contributed by atoms with Gasteiger partial charge in [0.05, 0.1) is 12.0 Å². The van der Waals surface area contributed by atoms with E-state index in [2.05, 4.69) is 6.92 Å². The van der Waals surface area contributed by atoms with Crippen molar-refractivity contribution in [1.29, 1.82) is 0 Å². The van der Waals surface area contributed by atoms with Crippen LogP contribution in [0.25, 0.3) is 0 Å². The second-order valence-corrected chi connectivity index (χ2v) is 4.60. The monoisotopic (exact) mass is 214 g/mol. The summed E-state index contributed by atoms with van der Waals surface area (Å²) in [5, 5.41) is 19.0. The number of hydrogen-bond acceptors (Lipinski definition) is 2. The Kier molecular flexibility index (Phi) is 5.09. The maximum atomic E-state index is 11.0. The van der Waals surface area contributed by atoms with Crippen molar-refractivity contribution in [2.45, 2.75) is 58.0 Å². The normalized spacial score (nSPS) is 28.7. The summed E-state index contributed by atoms with van der Waals surface area (Å²) in [6, 6.07) is 0. The molecule has 1 aliphatic rings. The van der Waals surface area contributed by atoms with E-state index in [1.807, 2.05) is 0 Å². The van der Waals surface area contributed by atoms with Crippen molar-refractivity contribution in [2.75, 3.05) is 0 Å². The maximum Gasteiger partial charge on any atom is 0.306 e. The minimum Gasteiger partial charge on any atom is -0.481 e. The van der Waals surface area contributed by atoms with Gasteiger partial charge in [0.25, 0.3) is 0 Å². The van der Waals surface area contributed by atoms with Crippen molar-refractivity contribution < 1.29 is 15.0 Å². The fourth-order valence-electron chi connectivity index (χ4n) is 2.55. The maximum absolute atomic E-state index is 11.0. The zero-order valence-electron chi connectivity index (χ0n) is 9.48. The number of rotatable bonds is 5. The van der Waals surface area contributed by atoms with Crippen LogP contribution >= 0.6 is 0 Å². The molecule has 0 aromatic carbocycles. The van der Waals surface area contributed by atoms with E-state index in [-0.39, 0.29) is 11.8 Å². The zero-order valence-corrected chi connectivity index (χ0v) is 9.48. The first-order valence-corrected chi connectivity index (χ1v) is 6.07. The third-order valence-electron chi connectivity index (χ3n) is 3.48. The second kappa shape index (κ2) is 6.11. The molecule has 88 valence electrons. The van der Waals surface area contributed by atoms with Crippen molar-refractivity contribution in [3.63, 3.8) is 0 Å². The van der Waals surface area contributed by atoms with Gasteiger partial charge in [-0.3, -0.25) is 4.79 Å². The molecule has 0 heterocycles. The van der Waals surface area contributed by atoms with E-state index in [0.717, 1.165) is 44.9 Å². The third-order valence-corrected chi connectivity index (χ3v) is 3.48. The van der Waals surface area contributed by atoms with Crippen molar-refractivity contribution in [2.24, 2.45) is 11.8 Å². The molecule has 3 unspecified atom stereocenters. The molecule has 0 bridgehead atoms. The summed E-state index contributed by atoms with van der Waals surface area (Å²) in [4.78, 5) is 11.0. The highest BCUT2D eigenvalue weighted by Crippen LogP contribution is 2.34. The van der Waals surface area contributed by atoms with Gasteiger partial charge < -0.3 is 10.2 Å². The van der Waals surface area contributed by atoms with Gasteiger partial charge in [-0.25, -0.2) is 0 Å². The molecule has 2 N–H and O–H groups in total. The highest BCUT2D eigenvalue weighted by atomic mass is 16.4. The van der Waals surface area contributed by atoms with Gasteiger partial charge in [-0.1, -0.05) is 32.6 Å². The van der Waals surface area contributed by atoms with Gasteiger partial charge in [0.15, 0.2) is 0 Å². The third kappa shape index (κ3) is 3.49. The number of aliphatic hydroxyl groups is 1. The number of carbonyl (C=O) groups is 1. The van der Waals surface area contributed by atoms with Crippen LogP contribution in [-0.2, 0) is 4.79 Å². The van der Waals surface area contributed by atoms with E-state index in [1.54, 1.807) is 0 Å². The minimum absolute atomic E-state index is 0.0113. The summed E-state index contributed by atoms with van der Waals surface area (Å²) in [6.07, 6.45) is 6.07. The van der Waals surface area contributed by atoms with Crippen LogP contribution in [0.2, 0.25) is 0 Å². The van der Waals surface area contributed by atoms with E-state index in [9.17, 15) is 9.90 Å². The van der Waals surface area contributed by atoms with Gasteiger partial charge in [0, 0.05) is 0 Å². The van der Waals surface area contributed by atoms with Gasteiger partial charge in [-0.2, -0.15) is 0 Å². The predicted molar refractivity (Wildman–Crippen MR) is 58.6 cm³/mol. The number of aliphatic carboxylic acids is 1. The molecule has 0 amide bonds. The van der Waals surface area contributed by atoms with Crippen molar-refractivity contribution >= 4 is 5.97 Å². The molecule has 0 aromatic heterocycles. The summed E-state index contributed by atoms with van der Waals surface area (Å²) < 4.78 is 0. The summed E-state index contributed by atoms with van der Waals surface area (Å²) in [5.74, 6) is -1.05. The Labute approximate surface area is 91.5 Å². The average Bonchev–Trinajstić information content (AvgIpc) is 2.25. The molecule has 1 aliphatic carbocycles. The molecular formula is C12H22O3. The molecule has 3 heteroatoms. The van der Waals surface area contributed by atoms with Crippen LogP contribution in [0.3, 0.4) is 0 Å². The Bertz CT molecular complexity index is 203. The summed E-state index contributed by atoms with van der Waals surface area (Å²) >= 11 is 0. The number of hydrogen-bond donors (Lipinski definition) is 2. The van der Waals surface area contributed by atoms with Crippen LogP contribution in [0.4, 0.5) is 0 Å². The van der Waals surface area contributed by atoms with E-state index < -0.39 is 12.1 Å². The van der Waals surface area contributed by atoms with Crippen molar-refractivity contribution in [3.8, 4) is 0 Å². The molecule has 1 fully saturated rings. The Morgan fingerprint density at radius 2 is 2.07 bits per heavy atom. The lowest BCUT2D eigenvalue weighted by molar-refractivity contribution is -0.147. The summed E-state index contributed by atoms with van der Waals surface area (Å²) in [5.41, 5.74) is 0. The fourth-order valence-corrected chi connectivity index (χ4v) is 2.55. The van der Waals surface area contributed by atoms with Crippen LogP contribution in [0.1, 0.15) is 51.9 Å². The highest BCUT2D eigenvalue weighted by molar-refractivity contribution is 5.70. The van der Waals surface area contributed by atoms with Gasteiger partial charge in [0.1, 0.15) is 0 Å². The molecule has 1 saturated carbocycles. The predicted octanol–water partition coefficient (Wildman–Crippen LogP) is 2.43. The minimum atomic E-state index is -0.727. The molecule has 0 aromatic rings. The highest BCUT2D eigenvalue weighted by Gasteiger charge is 2.34. The first kappa shape index (κ1) is 12.5. The average molecular weight is 214 g/mol. The van der Waals surface area contributed by atoms with Gasteiger partial charge in [-0.15, -0.1) is 0 Å². The molecule has 0 spiro atoms. The van der Waals surface area contributed by atoms with Gasteiger partial charge >= 0.3 is 5.97 Å². The Morgan fingerprint density at radius 1 is 1.40 bits per heavy atom. The van der Waals surface area contributed by atoms with Gasteiger partial charge in [-0.05, 0) is 25.2 Å². The Morgan fingerprint density at radius 3 is 2.67 bits per heavy atom. The van der Waals surface area contributed by atoms with Crippen molar-refractivity contribution in [3.05, 3.63) is 0 Å². The molecule has 0 aliphatic heterocycles. The largest absolute Gasteiger partial charge is 0.481 e. The molecule has 0 radical (unpaired) electrons. The lowest BCUT2D eigenvalue weighted by atomic mass is 9.75. The SMILES string of the molecule is CCCCC(O)C1CCCCC1C(=O)O. The first-order valence-electron chi connectivity index (χ1n) is 6.07. The van der Waals surface area contributed by atoms with Crippen LogP contribution in [0.15, 0.2) is 0 Å². The molecular weight excluding hydrogens is 192 g/mol. The quantitative estimate of drug-likeness (QED) is 0.739. The van der Waals surface area contributed by atoms with E-state index in [4.69, 9.17) is 5.11 Å². The lowest BCUT2D eigenvalue weighted by Gasteiger charge is -2.32. The summed E-state index contributed by atoms with van der Waals surface area (Å²) in [6.45, 7) is 2.09. The molecule has 3 atom stereocenters. The van der Waals surface area contributed by atoms with E-state index in [1.165, 1.54) is 0 Å².